The average Bonchev–Trinajstić information content (AvgIpc) is 3.10. The van der Waals surface area contributed by atoms with E-state index >= 15 is 0 Å². The summed E-state index contributed by atoms with van der Waals surface area (Å²) in [5, 5.41) is 2.07. The fourth-order valence-corrected chi connectivity index (χ4v) is 5.97. The number of thioether (sulfide) groups is 1. The molecule has 0 radical (unpaired) electrons. The third-order valence-electron chi connectivity index (χ3n) is 5.17. The summed E-state index contributed by atoms with van der Waals surface area (Å²) in [6, 6.07) is 14.0. The molecule has 1 fully saturated rings. The zero-order valence-corrected chi connectivity index (χ0v) is 23.4. The molecular formula is C25H17BrClFN2O6S2. The van der Waals surface area contributed by atoms with E-state index in [9.17, 15) is 27.2 Å². The van der Waals surface area contributed by atoms with Crippen molar-refractivity contribution in [3.8, 4) is 5.75 Å². The molecule has 38 heavy (non-hydrogen) atoms. The molecule has 0 unspecified atom stereocenters. The summed E-state index contributed by atoms with van der Waals surface area (Å²) < 4.78 is 45.1. The number of halogens is 3. The maximum Gasteiger partial charge on any atom is 0.339 e. The summed E-state index contributed by atoms with van der Waals surface area (Å²) in [4.78, 5) is 37.3. The highest BCUT2D eigenvalue weighted by atomic mass is 79.9. The number of nitrogens with one attached hydrogen (secondary N) is 1. The van der Waals surface area contributed by atoms with E-state index in [0.29, 0.717) is 23.0 Å². The molecule has 8 nitrogen and oxygen atoms in total. The van der Waals surface area contributed by atoms with Gasteiger partial charge in [-0.3, -0.25) is 19.3 Å². The van der Waals surface area contributed by atoms with Crippen molar-refractivity contribution in [1.82, 2.24) is 4.90 Å². The molecule has 3 aromatic rings. The van der Waals surface area contributed by atoms with Gasteiger partial charge < -0.3 is 9.50 Å². The second-order valence-electron chi connectivity index (χ2n) is 7.90. The second kappa shape index (κ2) is 11.3. The molecule has 196 valence electrons. The van der Waals surface area contributed by atoms with Gasteiger partial charge in [-0.05, 0) is 87.9 Å². The predicted octanol–water partition coefficient (Wildman–Crippen LogP) is 6.20. The zero-order valence-electron chi connectivity index (χ0n) is 19.4. The van der Waals surface area contributed by atoms with Gasteiger partial charge in [0.25, 0.3) is 11.1 Å². The van der Waals surface area contributed by atoms with Crippen molar-refractivity contribution in [3.63, 3.8) is 0 Å². The first-order chi connectivity index (χ1) is 17.9. The zero-order chi connectivity index (χ0) is 27.6. The lowest BCUT2D eigenvalue weighted by atomic mass is 10.2. The molecular weight excluding hydrogens is 623 g/mol. The number of hydrogen-bond acceptors (Lipinski definition) is 7. The van der Waals surface area contributed by atoms with Gasteiger partial charge in [0.1, 0.15) is 10.7 Å². The Kier molecular flexibility index (Phi) is 8.26. The van der Waals surface area contributed by atoms with Gasteiger partial charge in [0, 0.05) is 23.2 Å². The molecule has 0 bridgehead atoms. The molecule has 0 spiro atoms. The molecule has 0 aromatic heterocycles. The Balaban J connectivity index is 1.50. The van der Waals surface area contributed by atoms with Crippen molar-refractivity contribution in [2.45, 2.75) is 18.4 Å². The normalized spacial score (nSPS) is 14.7. The topological polar surface area (TPSA) is 110 Å². The minimum absolute atomic E-state index is 0.00427. The van der Waals surface area contributed by atoms with Gasteiger partial charge in [0.2, 0.25) is 5.91 Å². The highest BCUT2D eigenvalue weighted by Gasteiger charge is 2.36. The maximum absolute atomic E-state index is 14.1. The van der Waals surface area contributed by atoms with Crippen molar-refractivity contribution in [2.75, 3.05) is 5.32 Å². The Hall–Kier alpha value is -3.19. The Morgan fingerprint density at radius 3 is 2.50 bits per heavy atom. The average molecular weight is 640 g/mol. The van der Waals surface area contributed by atoms with Crippen LogP contribution < -0.4 is 9.50 Å². The SMILES string of the molecule is CC(=O)Nc1ccc(S(=O)(=O)Oc2ccc(/C=C3\SC(=O)N(Cc4c(F)cccc4Cl)C3=O)cc2Br)cc1. The summed E-state index contributed by atoms with van der Waals surface area (Å²) in [5.74, 6) is -1.53. The van der Waals surface area contributed by atoms with Crippen molar-refractivity contribution >= 4 is 78.2 Å². The Morgan fingerprint density at radius 1 is 1.16 bits per heavy atom. The van der Waals surface area contributed by atoms with Gasteiger partial charge in [-0.1, -0.05) is 23.7 Å². The molecule has 1 aliphatic heterocycles. The number of anilines is 1. The highest BCUT2D eigenvalue weighted by Crippen LogP contribution is 2.36. The fraction of sp³-hybridized carbons (Fsp3) is 0.0800. The van der Waals surface area contributed by atoms with Gasteiger partial charge in [-0.2, -0.15) is 8.42 Å². The first-order valence-corrected chi connectivity index (χ1v) is 14.1. The van der Waals surface area contributed by atoms with Crippen LogP contribution in [0.3, 0.4) is 0 Å². The van der Waals surface area contributed by atoms with Crippen molar-refractivity contribution in [3.05, 3.63) is 92.0 Å². The molecule has 0 aliphatic carbocycles. The Morgan fingerprint density at radius 2 is 1.87 bits per heavy atom. The van der Waals surface area contributed by atoms with Gasteiger partial charge in [0.05, 0.1) is 15.9 Å². The highest BCUT2D eigenvalue weighted by molar-refractivity contribution is 9.10. The number of imide groups is 1. The number of rotatable bonds is 7. The van der Waals surface area contributed by atoms with Crippen LogP contribution in [-0.4, -0.2) is 30.4 Å². The van der Waals surface area contributed by atoms with Crippen LogP contribution in [0.5, 0.6) is 5.75 Å². The molecule has 13 heteroatoms. The van der Waals surface area contributed by atoms with Gasteiger partial charge >= 0.3 is 10.1 Å². The minimum atomic E-state index is -4.19. The quantitative estimate of drug-likeness (QED) is 0.242. The van der Waals surface area contributed by atoms with E-state index in [-0.39, 0.29) is 43.1 Å². The maximum atomic E-state index is 14.1. The molecule has 4 rings (SSSR count). The van der Waals surface area contributed by atoms with E-state index in [1.807, 2.05) is 0 Å². The van der Waals surface area contributed by atoms with Gasteiger partial charge in [0.15, 0.2) is 5.75 Å². The number of carbonyl (C=O) groups excluding carboxylic acids is 3. The van der Waals surface area contributed by atoms with Crippen LogP contribution in [0.2, 0.25) is 5.02 Å². The molecule has 0 atom stereocenters. The number of nitrogens with zero attached hydrogens (tertiary/aromatic N) is 1. The number of benzene rings is 3. The largest absolute Gasteiger partial charge is 0.378 e. The molecule has 1 N–H and O–H groups in total. The molecule has 0 saturated carbocycles. The van der Waals surface area contributed by atoms with E-state index in [2.05, 4.69) is 21.2 Å². The summed E-state index contributed by atoms with van der Waals surface area (Å²) in [6.07, 6.45) is 1.46. The minimum Gasteiger partial charge on any atom is -0.378 e. The predicted molar refractivity (Wildman–Crippen MR) is 146 cm³/mol. The third kappa shape index (κ3) is 6.26. The second-order valence-corrected chi connectivity index (χ2v) is 11.7. The monoisotopic (exact) mass is 638 g/mol. The van der Waals surface area contributed by atoms with Crippen molar-refractivity contribution in [2.24, 2.45) is 0 Å². The summed E-state index contributed by atoms with van der Waals surface area (Å²) >= 11 is 9.99. The van der Waals surface area contributed by atoms with Crippen LogP contribution in [0.25, 0.3) is 6.08 Å². The number of hydrogen-bond donors (Lipinski definition) is 1. The van der Waals surface area contributed by atoms with Crippen LogP contribution in [0, 0.1) is 5.82 Å². The molecule has 1 aliphatic rings. The molecule has 1 saturated heterocycles. The summed E-state index contributed by atoms with van der Waals surface area (Å²) in [5.41, 5.74) is 0.951. The smallest absolute Gasteiger partial charge is 0.339 e. The lowest BCUT2D eigenvalue weighted by Crippen LogP contribution is -2.28. The Labute approximate surface area is 235 Å². The van der Waals surface area contributed by atoms with Crippen molar-refractivity contribution in [1.29, 1.82) is 0 Å². The molecule has 3 amide bonds. The lowest BCUT2D eigenvalue weighted by Gasteiger charge is -2.14. The fourth-order valence-electron chi connectivity index (χ4n) is 3.38. The third-order valence-corrected chi connectivity index (χ3v) is 8.30. The van der Waals surface area contributed by atoms with E-state index in [0.717, 1.165) is 4.90 Å². The van der Waals surface area contributed by atoms with Crippen LogP contribution in [-0.2, 0) is 26.3 Å². The van der Waals surface area contributed by atoms with Gasteiger partial charge in [-0.25, -0.2) is 4.39 Å². The van der Waals surface area contributed by atoms with Crippen LogP contribution >= 0.6 is 39.3 Å². The van der Waals surface area contributed by atoms with E-state index in [4.69, 9.17) is 15.8 Å². The number of carbonyl (C=O) groups is 3. The van der Waals surface area contributed by atoms with Crippen LogP contribution in [0.4, 0.5) is 14.9 Å². The van der Waals surface area contributed by atoms with Crippen LogP contribution in [0.1, 0.15) is 18.1 Å². The first-order valence-electron chi connectivity index (χ1n) is 10.7. The summed E-state index contributed by atoms with van der Waals surface area (Å²) in [6.45, 7) is 1.02. The van der Waals surface area contributed by atoms with Crippen LogP contribution in [0.15, 0.2) is 74.9 Å². The lowest BCUT2D eigenvalue weighted by molar-refractivity contribution is -0.123. The number of amides is 3. The Bertz CT molecular complexity index is 1580. The van der Waals surface area contributed by atoms with Crippen molar-refractivity contribution < 1.29 is 31.4 Å². The van der Waals surface area contributed by atoms with E-state index in [1.54, 1.807) is 0 Å². The van der Waals surface area contributed by atoms with E-state index in [1.165, 1.54) is 73.7 Å². The standard InChI is InChI=1S/C25H17BrClFN2O6S2/c1-14(31)29-16-6-8-17(9-7-16)38(34,35)36-22-10-5-15(11-19(22)26)12-23-24(32)30(25(33)37-23)13-18-20(27)3-2-4-21(18)28/h2-12H,13H2,1H3,(H,29,31)/b23-12-. The summed E-state index contributed by atoms with van der Waals surface area (Å²) in [7, 11) is -4.19. The molecule has 3 aromatic carbocycles. The van der Waals surface area contributed by atoms with Gasteiger partial charge in [-0.15, -0.1) is 0 Å². The van der Waals surface area contributed by atoms with E-state index < -0.39 is 27.1 Å². The first kappa shape index (κ1) is 27.8. The molecule has 1 heterocycles.